The maximum atomic E-state index is 11.5. The van der Waals surface area contributed by atoms with Gasteiger partial charge in [-0.05, 0) is 19.8 Å². The number of allylic oxidation sites excluding steroid dienone is 1. The number of amides is 1. The molecular weight excluding hydrogens is 202 g/mol. The molecule has 0 bridgehead atoms. The van der Waals surface area contributed by atoms with E-state index >= 15 is 0 Å². The molecule has 0 aliphatic rings. The predicted octanol–water partition coefficient (Wildman–Crippen LogP) is 1.75. The molecule has 0 radical (unpaired) electrons. The number of hydrogen-bond donors (Lipinski definition) is 1. The van der Waals surface area contributed by atoms with E-state index in [1.165, 1.54) is 0 Å². The lowest BCUT2D eigenvalue weighted by atomic mass is 10.2. The van der Waals surface area contributed by atoms with Crippen molar-refractivity contribution in [2.75, 3.05) is 6.54 Å². The van der Waals surface area contributed by atoms with Gasteiger partial charge in [-0.15, -0.1) is 0 Å². The van der Waals surface area contributed by atoms with Gasteiger partial charge in [0.2, 0.25) is 5.91 Å². The van der Waals surface area contributed by atoms with E-state index in [0.717, 1.165) is 25.0 Å². The molecule has 0 aromatic carbocycles. The Labute approximate surface area is 96.4 Å². The quantitative estimate of drug-likeness (QED) is 0.587. The number of aryl methyl sites for hydroxylation is 1. The van der Waals surface area contributed by atoms with Crippen LogP contribution < -0.4 is 5.32 Å². The van der Waals surface area contributed by atoms with Gasteiger partial charge in [0.1, 0.15) is 0 Å². The lowest BCUT2D eigenvalue weighted by Crippen LogP contribution is -2.25. The number of carbonyl (C=O) groups is 1. The first-order valence-electron chi connectivity index (χ1n) is 5.64. The van der Waals surface area contributed by atoms with Gasteiger partial charge in [0.25, 0.3) is 0 Å². The summed E-state index contributed by atoms with van der Waals surface area (Å²) >= 11 is 0. The minimum atomic E-state index is 0.0347. The van der Waals surface area contributed by atoms with Crippen LogP contribution in [0.3, 0.4) is 0 Å². The summed E-state index contributed by atoms with van der Waals surface area (Å²) in [5.74, 6) is 0.0347. The smallest absolute Gasteiger partial charge is 0.246 e. The highest BCUT2D eigenvalue weighted by Crippen LogP contribution is 1.95. The topological polar surface area (TPSA) is 46.9 Å². The van der Waals surface area contributed by atoms with Crippen molar-refractivity contribution in [1.29, 1.82) is 0 Å². The van der Waals surface area contributed by atoms with Gasteiger partial charge in [-0.3, -0.25) is 4.79 Å². The average Bonchev–Trinajstić information content (AvgIpc) is 2.77. The summed E-state index contributed by atoms with van der Waals surface area (Å²) in [6.07, 6.45) is 9.21. The number of nitrogens with zero attached hydrogens (tertiary/aromatic N) is 2. The van der Waals surface area contributed by atoms with Crippen LogP contribution in [0.4, 0.5) is 0 Å². The monoisotopic (exact) mass is 221 g/mol. The number of hydrogen-bond acceptors (Lipinski definition) is 2. The van der Waals surface area contributed by atoms with Crippen LogP contribution in [-0.4, -0.2) is 22.0 Å². The summed E-state index contributed by atoms with van der Waals surface area (Å²) in [5.41, 5.74) is 0.796. The fourth-order valence-electron chi connectivity index (χ4n) is 1.42. The normalized spacial score (nSPS) is 11.5. The van der Waals surface area contributed by atoms with Gasteiger partial charge in [0.15, 0.2) is 0 Å². The molecule has 1 aromatic rings. The molecular formula is C12H19N3O. The highest BCUT2D eigenvalue weighted by Gasteiger charge is 2.01. The fraction of sp³-hybridized carbons (Fsp3) is 0.500. The van der Waals surface area contributed by atoms with Crippen LogP contribution in [0.5, 0.6) is 0 Å². The fourth-order valence-corrected chi connectivity index (χ4v) is 1.42. The van der Waals surface area contributed by atoms with Crippen molar-refractivity contribution in [3.63, 3.8) is 0 Å². The third kappa shape index (κ3) is 4.29. The summed E-state index contributed by atoms with van der Waals surface area (Å²) in [4.78, 5) is 15.5. The van der Waals surface area contributed by atoms with Crippen LogP contribution in [0.1, 0.15) is 26.7 Å². The summed E-state index contributed by atoms with van der Waals surface area (Å²) in [5, 5.41) is 2.89. The van der Waals surface area contributed by atoms with E-state index < -0.39 is 0 Å². The van der Waals surface area contributed by atoms with Crippen molar-refractivity contribution in [3.8, 4) is 0 Å². The number of aromatic nitrogens is 2. The molecule has 4 heteroatoms. The third-order valence-corrected chi connectivity index (χ3v) is 2.31. The van der Waals surface area contributed by atoms with Gasteiger partial charge in [0, 0.05) is 31.1 Å². The Balaban J connectivity index is 2.16. The number of carbonyl (C=O) groups excluding carboxylic acids is 1. The summed E-state index contributed by atoms with van der Waals surface area (Å²) in [6, 6.07) is 0. The third-order valence-electron chi connectivity index (χ3n) is 2.31. The molecule has 4 nitrogen and oxygen atoms in total. The van der Waals surface area contributed by atoms with Crippen molar-refractivity contribution < 1.29 is 4.79 Å². The molecule has 0 atom stereocenters. The van der Waals surface area contributed by atoms with Gasteiger partial charge in [0.05, 0.1) is 6.33 Å². The van der Waals surface area contributed by atoms with E-state index in [4.69, 9.17) is 0 Å². The number of imidazole rings is 1. The van der Waals surface area contributed by atoms with Crippen molar-refractivity contribution in [1.82, 2.24) is 14.9 Å². The Bertz CT molecular complexity index is 341. The number of rotatable bonds is 6. The van der Waals surface area contributed by atoms with E-state index in [1.54, 1.807) is 12.5 Å². The lowest BCUT2D eigenvalue weighted by molar-refractivity contribution is -0.117. The predicted molar refractivity (Wildman–Crippen MR) is 63.9 cm³/mol. The van der Waals surface area contributed by atoms with E-state index in [-0.39, 0.29) is 5.91 Å². The molecule has 88 valence electrons. The van der Waals surface area contributed by atoms with Crippen LogP contribution >= 0.6 is 0 Å². The Morgan fingerprint density at radius 3 is 3.00 bits per heavy atom. The van der Waals surface area contributed by atoms with E-state index in [2.05, 4.69) is 10.3 Å². The maximum Gasteiger partial charge on any atom is 0.246 e. The van der Waals surface area contributed by atoms with Gasteiger partial charge in [-0.25, -0.2) is 4.98 Å². The molecule has 1 N–H and O–H groups in total. The molecule has 0 fully saturated rings. The highest BCUT2D eigenvalue weighted by atomic mass is 16.1. The van der Waals surface area contributed by atoms with Crippen LogP contribution in [0.2, 0.25) is 0 Å². The zero-order valence-electron chi connectivity index (χ0n) is 9.94. The molecule has 1 aromatic heterocycles. The van der Waals surface area contributed by atoms with Gasteiger partial charge >= 0.3 is 0 Å². The molecule has 1 rings (SSSR count). The molecule has 0 unspecified atom stereocenters. The SMILES string of the molecule is CC/C=C(\C)C(=O)NCCCn1ccnc1. The molecule has 0 aliphatic carbocycles. The lowest BCUT2D eigenvalue weighted by Gasteiger charge is -2.05. The van der Waals surface area contributed by atoms with Crippen molar-refractivity contribution in [2.45, 2.75) is 33.2 Å². The Kier molecular flexibility index (Phi) is 5.32. The summed E-state index contributed by atoms with van der Waals surface area (Å²) in [7, 11) is 0. The van der Waals surface area contributed by atoms with Gasteiger partial charge < -0.3 is 9.88 Å². The first-order chi connectivity index (χ1) is 7.74. The molecule has 1 heterocycles. The second-order valence-corrected chi connectivity index (χ2v) is 3.71. The number of nitrogens with one attached hydrogen (secondary N) is 1. The molecule has 0 aliphatic heterocycles. The first-order valence-corrected chi connectivity index (χ1v) is 5.64. The zero-order valence-corrected chi connectivity index (χ0v) is 9.94. The molecule has 1 amide bonds. The van der Waals surface area contributed by atoms with E-state index in [0.29, 0.717) is 6.54 Å². The minimum Gasteiger partial charge on any atom is -0.352 e. The van der Waals surface area contributed by atoms with E-state index in [9.17, 15) is 4.79 Å². The van der Waals surface area contributed by atoms with Crippen molar-refractivity contribution in [2.24, 2.45) is 0 Å². The van der Waals surface area contributed by atoms with Gasteiger partial charge in [-0.1, -0.05) is 13.0 Å². The molecule has 0 saturated heterocycles. The Morgan fingerprint density at radius 2 is 2.38 bits per heavy atom. The van der Waals surface area contributed by atoms with Crippen LogP contribution in [0.25, 0.3) is 0 Å². The highest BCUT2D eigenvalue weighted by molar-refractivity contribution is 5.92. The largest absolute Gasteiger partial charge is 0.352 e. The molecule has 0 saturated carbocycles. The van der Waals surface area contributed by atoms with Crippen LogP contribution in [-0.2, 0) is 11.3 Å². The second kappa shape index (κ2) is 6.82. The zero-order chi connectivity index (χ0) is 11.8. The summed E-state index contributed by atoms with van der Waals surface area (Å²) in [6.45, 7) is 5.45. The Morgan fingerprint density at radius 1 is 1.56 bits per heavy atom. The Hall–Kier alpha value is -1.58. The standard InChI is InChI=1S/C12H19N3O/c1-3-5-11(2)12(16)14-6-4-8-15-9-7-13-10-15/h5,7,9-10H,3-4,6,8H2,1-2H3,(H,14,16)/b11-5+. The summed E-state index contributed by atoms with van der Waals surface area (Å²) < 4.78 is 2.00. The average molecular weight is 221 g/mol. The van der Waals surface area contributed by atoms with Crippen LogP contribution in [0, 0.1) is 0 Å². The van der Waals surface area contributed by atoms with Crippen LogP contribution in [0.15, 0.2) is 30.4 Å². The molecule has 16 heavy (non-hydrogen) atoms. The maximum absolute atomic E-state index is 11.5. The van der Waals surface area contributed by atoms with Gasteiger partial charge in [-0.2, -0.15) is 0 Å². The first kappa shape index (κ1) is 12.5. The molecule has 0 spiro atoms. The second-order valence-electron chi connectivity index (χ2n) is 3.71. The van der Waals surface area contributed by atoms with Crippen molar-refractivity contribution >= 4 is 5.91 Å². The van der Waals surface area contributed by atoms with E-state index in [1.807, 2.05) is 30.7 Å². The van der Waals surface area contributed by atoms with Crippen molar-refractivity contribution in [3.05, 3.63) is 30.4 Å². The minimum absolute atomic E-state index is 0.0347.